The van der Waals surface area contributed by atoms with Gasteiger partial charge >= 0.3 is 0 Å². The van der Waals surface area contributed by atoms with Gasteiger partial charge < -0.3 is 14.1 Å². The van der Waals surface area contributed by atoms with Crippen molar-refractivity contribution in [1.82, 2.24) is 9.88 Å². The van der Waals surface area contributed by atoms with E-state index in [1.54, 1.807) is 0 Å². The van der Waals surface area contributed by atoms with Gasteiger partial charge in [0.25, 0.3) is 5.91 Å². The highest BCUT2D eigenvalue weighted by molar-refractivity contribution is 5.95. The molecule has 0 aliphatic carbocycles. The van der Waals surface area contributed by atoms with Crippen LogP contribution in [0.1, 0.15) is 48.5 Å². The SMILES string of the molecule is COc1cc(F)c(C(=O)N2CCc3oc(C(C)(C)C)nc3C2)c(F)c1. The minimum atomic E-state index is -0.941. The van der Waals surface area contributed by atoms with Gasteiger partial charge in [0.1, 0.15) is 34.4 Å². The molecule has 2 aromatic rings. The summed E-state index contributed by atoms with van der Waals surface area (Å²) < 4.78 is 38.9. The number of halogens is 2. The van der Waals surface area contributed by atoms with Gasteiger partial charge in [0.15, 0.2) is 5.89 Å². The summed E-state index contributed by atoms with van der Waals surface area (Å²) in [4.78, 5) is 18.4. The number of ether oxygens (including phenoxy) is 1. The highest BCUT2D eigenvalue weighted by Crippen LogP contribution is 2.29. The molecular weight excluding hydrogens is 330 g/mol. The van der Waals surface area contributed by atoms with Crippen molar-refractivity contribution in [2.24, 2.45) is 0 Å². The first kappa shape index (κ1) is 17.4. The molecule has 1 aromatic carbocycles. The molecular formula is C18H20F2N2O3. The highest BCUT2D eigenvalue weighted by Gasteiger charge is 2.31. The van der Waals surface area contributed by atoms with Crippen molar-refractivity contribution < 1.29 is 22.7 Å². The Hall–Kier alpha value is -2.44. The Morgan fingerprint density at radius 2 is 1.92 bits per heavy atom. The first-order chi connectivity index (χ1) is 11.7. The number of nitrogens with zero attached hydrogens (tertiary/aromatic N) is 2. The summed E-state index contributed by atoms with van der Waals surface area (Å²) in [6.07, 6.45) is 0.462. The number of carbonyl (C=O) groups is 1. The molecule has 0 saturated carbocycles. The van der Waals surface area contributed by atoms with Gasteiger partial charge in [-0.25, -0.2) is 13.8 Å². The molecule has 5 nitrogen and oxygen atoms in total. The number of carbonyl (C=O) groups excluding carboxylic acids is 1. The third-order valence-corrected chi connectivity index (χ3v) is 4.12. The summed E-state index contributed by atoms with van der Waals surface area (Å²) in [7, 11) is 1.30. The fourth-order valence-electron chi connectivity index (χ4n) is 2.72. The number of hydrogen-bond acceptors (Lipinski definition) is 4. The Morgan fingerprint density at radius 1 is 1.28 bits per heavy atom. The van der Waals surface area contributed by atoms with E-state index in [-0.39, 0.29) is 17.7 Å². The summed E-state index contributed by atoms with van der Waals surface area (Å²) in [6.45, 7) is 6.42. The van der Waals surface area contributed by atoms with Crippen LogP contribution in [-0.4, -0.2) is 29.4 Å². The lowest BCUT2D eigenvalue weighted by Gasteiger charge is -2.25. The van der Waals surface area contributed by atoms with Gasteiger partial charge in [0.05, 0.1) is 13.7 Å². The fourth-order valence-corrected chi connectivity index (χ4v) is 2.72. The maximum Gasteiger partial charge on any atom is 0.260 e. The lowest BCUT2D eigenvalue weighted by atomic mass is 9.97. The summed E-state index contributed by atoms with van der Waals surface area (Å²) in [5.41, 5.74) is -0.192. The van der Waals surface area contributed by atoms with E-state index in [9.17, 15) is 13.6 Å². The van der Waals surface area contributed by atoms with Crippen LogP contribution in [0.5, 0.6) is 5.75 Å². The highest BCUT2D eigenvalue weighted by atomic mass is 19.1. The van der Waals surface area contributed by atoms with Crippen LogP contribution in [0.4, 0.5) is 8.78 Å². The average Bonchev–Trinajstić information content (AvgIpc) is 2.97. The molecule has 1 aromatic heterocycles. The average molecular weight is 350 g/mol. The topological polar surface area (TPSA) is 55.6 Å². The predicted molar refractivity (Wildman–Crippen MR) is 86.6 cm³/mol. The van der Waals surface area contributed by atoms with Crippen LogP contribution in [0.25, 0.3) is 0 Å². The molecule has 25 heavy (non-hydrogen) atoms. The van der Waals surface area contributed by atoms with Crippen molar-refractivity contribution in [2.45, 2.75) is 39.2 Å². The number of benzene rings is 1. The number of oxazole rings is 1. The standard InChI is InChI=1S/C18H20F2N2O3/c1-18(2,3)17-21-13-9-22(6-5-14(13)25-17)16(23)15-11(19)7-10(24-4)8-12(15)20/h7-8H,5-6,9H2,1-4H3. The molecule has 1 aliphatic rings. The summed E-state index contributed by atoms with van der Waals surface area (Å²) >= 11 is 0. The number of hydrogen-bond donors (Lipinski definition) is 0. The summed E-state index contributed by atoms with van der Waals surface area (Å²) in [6, 6.07) is 2.00. The lowest BCUT2D eigenvalue weighted by molar-refractivity contribution is 0.0717. The molecule has 0 fully saturated rings. The molecule has 3 rings (SSSR count). The molecule has 2 heterocycles. The second-order valence-electron chi connectivity index (χ2n) is 7.08. The number of amides is 1. The molecule has 7 heteroatoms. The maximum atomic E-state index is 14.2. The minimum Gasteiger partial charge on any atom is -0.497 e. The second-order valence-corrected chi connectivity index (χ2v) is 7.08. The molecule has 1 aliphatic heterocycles. The molecule has 0 radical (unpaired) electrons. The molecule has 134 valence electrons. The van der Waals surface area contributed by atoms with Gasteiger partial charge in [0.2, 0.25) is 0 Å². The van der Waals surface area contributed by atoms with Crippen molar-refractivity contribution in [2.75, 3.05) is 13.7 Å². The van der Waals surface area contributed by atoms with E-state index in [2.05, 4.69) is 4.98 Å². The van der Waals surface area contributed by atoms with Gasteiger partial charge in [0, 0.05) is 30.5 Å². The second kappa shape index (κ2) is 6.13. The molecule has 0 unspecified atom stereocenters. The first-order valence-corrected chi connectivity index (χ1v) is 8.02. The maximum absolute atomic E-state index is 14.2. The van der Waals surface area contributed by atoms with E-state index in [0.29, 0.717) is 24.6 Å². The molecule has 0 spiro atoms. The Labute approximate surface area is 144 Å². The molecule has 0 bridgehead atoms. The van der Waals surface area contributed by atoms with E-state index in [0.717, 1.165) is 17.9 Å². The Kier molecular flexibility index (Phi) is 4.26. The van der Waals surface area contributed by atoms with Gasteiger partial charge in [-0.05, 0) is 0 Å². The zero-order chi connectivity index (χ0) is 18.4. The Bertz CT molecular complexity index is 801. The smallest absolute Gasteiger partial charge is 0.260 e. The van der Waals surface area contributed by atoms with Crippen LogP contribution in [0.2, 0.25) is 0 Å². The van der Waals surface area contributed by atoms with E-state index >= 15 is 0 Å². The van der Waals surface area contributed by atoms with E-state index in [4.69, 9.17) is 9.15 Å². The van der Waals surface area contributed by atoms with E-state index in [1.807, 2.05) is 20.8 Å². The minimum absolute atomic E-state index is 0.0267. The Morgan fingerprint density at radius 3 is 2.48 bits per heavy atom. The van der Waals surface area contributed by atoms with Crippen LogP contribution < -0.4 is 4.74 Å². The number of rotatable bonds is 2. The number of methoxy groups -OCH3 is 1. The molecule has 1 amide bonds. The largest absolute Gasteiger partial charge is 0.497 e. The third kappa shape index (κ3) is 3.23. The Balaban J connectivity index is 1.87. The molecule has 0 N–H and O–H groups in total. The van der Waals surface area contributed by atoms with Crippen molar-refractivity contribution in [3.63, 3.8) is 0 Å². The van der Waals surface area contributed by atoms with Gasteiger partial charge in [-0.3, -0.25) is 4.79 Å². The lowest BCUT2D eigenvalue weighted by Crippen LogP contribution is -2.36. The van der Waals surface area contributed by atoms with Crippen molar-refractivity contribution in [3.05, 3.63) is 46.7 Å². The van der Waals surface area contributed by atoms with Crippen molar-refractivity contribution in [3.8, 4) is 5.75 Å². The van der Waals surface area contributed by atoms with Crippen LogP contribution in [-0.2, 0) is 18.4 Å². The zero-order valence-corrected chi connectivity index (χ0v) is 14.7. The van der Waals surface area contributed by atoms with Crippen LogP contribution >= 0.6 is 0 Å². The predicted octanol–water partition coefficient (Wildman–Crippen LogP) is 3.46. The fraction of sp³-hybridized carbons (Fsp3) is 0.444. The number of aromatic nitrogens is 1. The first-order valence-electron chi connectivity index (χ1n) is 8.02. The summed E-state index contributed by atoms with van der Waals surface area (Å²) in [5, 5.41) is 0. The van der Waals surface area contributed by atoms with Crippen molar-refractivity contribution >= 4 is 5.91 Å². The number of fused-ring (bicyclic) bond motifs is 1. The van der Waals surface area contributed by atoms with Crippen LogP contribution in [0.3, 0.4) is 0 Å². The van der Waals surface area contributed by atoms with Gasteiger partial charge in [-0.2, -0.15) is 0 Å². The monoisotopic (exact) mass is 350 g/mol. The third-order valence-electron chi connectivity index (χ3n) is 4.12. The summed E-state index contributed by atoms with van der Waals surface area (Å²) in [5.74, 6) is -1.24. The van der Waals surface area contributed by atoms with Crippen molar-refractivity contribution in [1.29, 1.82) is 0 Å². The van der Waals surface area contributed by atoms with E-state index in [1.165, 1.54) is 12.0 Å². The molecule has 0 saturated heterocycles. The zero-order valence-electron chi connectivity index (χ0n) is 14.7. The van der Waals surface area contributed by atoms with Gasteiger partial charge in [-0.15, -0.1) is 0 Å². The van der Waals surface area contributed by atoms with E-state index < -0.39 is 23.1 Å². The van der Waals surface area contributed by atoms with Crippen LogP contribution in [0, 0.1) is 11.6 Å². The normalized spacial score (nSPS) is 14.4. The van der Waals surface area contributed by atoms with Crippen LogP contribution in [0.15, 0.2) is 16.5 Å². The van der Waals surface area contributed by atoms with Gasteiger partial charge in [-0.1, -0.05) is 20.8 Å². The quantitative estimate of drug-likeness (QED) is 0.832. The molecule has 0 atom stereocenters.